The molecule has 0 fully saturated rings. The van der Waals surface area contributed by atoms with Crippen LogP contribution >= 0.6 is 23.2 Å². The number of aliphatic imine (C=N–C) groups is 1. The van der Waals surface area contributed by atoms with Crippen LogP contribution < -0.4 is 16.8 Å². The molecular weight excluding hydrogens is 481 g/mol. The van der Waals surface area contributed by atoms with E-state index in [2.05, 4.69) is 20.6 Å². The van der Waals surface area contributed by atoms with Crippen molar-refractivity contribution in [1.29, 1.82) is 0 Å². The molecule has 1 amide bonds. The molecule has 0 aliphatic carbocycles. The van der Waals surface area contributed by atoms with Crippen molar-refractivity contribution in [3.05, 3.63) is 69.8 Å². The molecule has 0 unspecified atom stereocenters. The number of benzene rings is 2. The molecule has 12 heteroatoms. The first-order chi connectivity index (χ1) is 16.2. The molecule has 178 valence electrons. The third-order valence-corrected chi connectivity index (χ3v) is 5.49. The van der Waals surface area contributed by atoms with Crippen LogP contribution in [0.5, 0.6) is 0 Å². The number of halogens is 2. The first-order valence-electron chi connectivity index (χ1n) is 10.3. The van der Waals surface area contributed by atoms with Crippen molar-refractivity contribution in [3.8, 4) is 11.3 Å². The van der Waals surface area contributed by atoms with Gasteiger partial charge in [-0.25, -0.2) is 4.79 Å². The molecule has 3 aromatic rings. The molecule has 0 bridgehead atoms. The van der Waals surface area contributed by atoms with Gasteiger partial charge in [0.05, 0.1) is 21.8 Å². The second-order valence-electron chi connectivity index (χ2n) is 7.39. The summed E-state index contributed by atoms with van der Waals surface area (Å²) in [6.45, 7) is 1.10. The van der Waals surface area contributed by atoms with Crippen molar-refractivity contribution < 1.29 is 14.7 Å². The van der Waals surface area contributed by atoms with Crippen molar-refractivity contribution in [2.45, 2.75) is 25.4 Å². The molecule has 1 aromatic heterocycles. The van der Waals surface area contributed by atoms with Gasteiger partial charge in [-0.2, -0.15) is 0 Å². The molecule has 3 rings (SSSR count). The third kappa shape index (κ3) is 6.69. The average Bonchev–Trinajstić information content (AvgIpc) is 3.25. The standard InChI is InChI=1S/C22H23Cl2N7O3/c23-15-3-1-4-16(24)19(15)20(32)28-17(21(33)34)11-13-5-7-14(8-6-13)18-12-31(30-29-18)10-2-9-27-22(25)26/h1,3-8,12,17H,2,9-11H2,(H,28,32)(H,33,34)(H4,25,26,27)/t17-/m0/s1. The maximum Gasteiger partial charge on any atom is 0.326 e. The SMILES string of the molecule is NC(N)=NCCCn1cc(-c2ccc(C[C@H](NC(=O)c3c(Cl)cccc3Cl)C(=O)O)cc2)nn1. The Hall–Kier alpha value is -3.63. The van der Waals surface area contributed by atoms with Crippen LogP contribution in [0.3, 0.4) is 0 Å². The highest BCUT2D eigenvalue weighted by Crippen LogP contribution is 2.24. The van der Waals surface area contributed by atoms with Gasteiger partial charge in [0.2, 0.25) is 0 Å². The van der Waals surface area contributed by atoms with Crippen LogP contribution in [0.15, 0.2) is 53.7 Å². The third-order valence-electron chi connectivity index (χ3n) is 4.86. The van der Waals surface area contributed by atoms with Crippen LogP contribution in [0.25, 0.3) is 11.3 Å². The number of carboxylic acids is 1. The molecule has 10 nitrogen and oxygen atoms in total. The summed E-state index contributed by atoms with van der Waals surface area (Å²) in [6.07, 6.45) is 2.58. The lowest BCUT2D eigenvalue weighted by Crippen LogP contribution is -2.42. The predicted octanol–water partition coefficient (Wildman–Crippen LogP) is 2.34. The van der Waals surface area contributed by atoms with E-state index in [0.29, 0.717) is 30.8 Å². The van der Waals surface area contributed by atoms with Gasteiger partial charge in [-0.3, -0.25) is 14.5 Å². The zero-order valence-corrected chi connectivity index (χ0v) is 19.5. The van der Waals surface area contributed by atoms with Crippen LogP contribution in [0.2, 0.25) is 10.0 Å². The summed E-state index contributed by atoms with van der Waals surface area (Å²) >= 11 is 12.1. The number of nitrogens with one attached hydrogen (secondary N) is 1. The van der Waals surface area contributed by atoms with Gasteiger partial charge in [0.15, 0.2) is 5.96 Å². The number of aromatic nitrogens is 3. The number of guanidine groups is 1. The zero-order chi connectivity index (χ0) is 24.7. The van der Waals surface area contributed by atoms with Gasteiger partial charge in [-0.1, -0.05) is 58.7 Å². The number of amides is 1. The number of aryl methyl sites for hydroxylation is 1. The Kier molecular flexibility index (Phi) is 8.44. The smallest absolute Gasteiger partial charge is 0.326 e. The summed E-state index contributed by atoms with van der Waals surface area (Å²) in [5.74, 6) is -1.78. The summed E-state index contributed by atoms with van der Waals surface area (Å²) in [4.78, 5) is 28.3. The summed E-state index contributed by atoms with van der Waals surface area (Å²) in [7, 11) is 0. The number of hydrogen-bond donors (Lipinski definition) is 4. The zero-order valence-electron chi connectivity index (χ0n) is 18.0. The Morgan fingerprint density at radius 3 is 2.41 bits per heavy atom. The van der Waals surface area contributed by atoms with E-state index in [1.165, 1.54) is 12.1 Å². The van der Waals surface area contributed by atoms with Crippen LogP contribution in [0.4, 0.5) is 0 Å². The molecule has 34 heavy (non-hydrogen) atoms. The van der Waals surface area contributed by atoms with Crippen LogP contribution in [-0.4, -0.2) is 50.5 Å². The fourth-order valence-electron chi connectivity index (χ4n) is 3.17. The number of nitrogens with two attached hydrogens (primary N) is 2. The summed E-state index contributed by atoms with van der Waals surface area (Å²) in [5.41, 5.74) is 12.8. The van der Waals surface area contributed by atoms with Crippen molar-refractivity contribution in [1.82, 2.24) is 20.3 Å². The second-order valence-corrected chi connectivity index (χ2v) is 8.20. The van der Waals surface area contributed by atoms with Gasteiger partial charge in [-0.15, -0.1) is 5.10 Å². The Balaban J connectivity index is 1.64. The van der Waals surface area contributed by atoms with Crippen molar-refractivity contribution in [2.75, 3.05) is 6.54 Å². The van der Waals surface area contributed by atoms with E-state index in [9.17, 15) is 14.7 Å². The van der Waals surface area contributed by atoms with Crippen LogP contribution in [-0.2, 0) is 17.8 Å². The number of carboxylic acid groups (broad SMARTS) is 1. The van der Waals surface area contributed by atoms with Crippen LogP contribution in [0.1, 0.15) is 22.3 Å². The lowest BCUT2D eigenvalue weighted by atomic mass is 10.0. The lowest BCUT2D eigenvalue weighted by molar-refractivity contribution is -0.139. The van der Waals surface area contributed by atoms with Gasteiger partial charge in [0, 0.05) is 25.1 Å². The van der Waals surface area contributed by atoms with Crippen molar-refractivity contribution in [3.63, 3.8) is 0 Å². The van der Waals surface area contributed by atoms with Crippen molar-refractivity contribution >= 4 is 41.0 Å². The normalized spacial score (nSPS) is 11.6. The minimum absolute atomic E-state index is 0.0359. The Morgan fingerprint density at radius 1 is 1.12 bits per heavy atom. The number of aliphatic carboxylic acids is 1. The van der Waals surface area contributed by atoms with Gasteiger partial charge in [0.1, 0.15) is 11.7 Å². The maximum absolute atomic E-state index is 12.6. The number of carbonyl (C=O) groups is 2. The molecule has 6 N–H and O–H groups in total. The quantitative estimate of drug-likeness (QED) is 0.187. The average molecular weight is 504 g/mol. The summed E-state index contributed by atoms with van der Waals surface area (Å²) < 4.78 is 1.70. The maximum atomic E-state index is 12.6. The van der Waals surface area contributed by atoms with E-state index in [-0.39, 0.29) is 28.0 Å². The van der Waals surface area contributed by atoms with E-state index in [1.54, 1.807) is 29.1 Å². The number of hydrogen-bond acceptors (Lipinski definition) is 5. The van der Waals surface area contributed by atoms with Gasteiger partial charge < -0.3 is 21.9 Å². The highest BCUT2D eigenvalue weighted by atomic mass is 35.5. The van der Waals surface area contributed by atoms with E-state index in [0.717, 1.165) is 5.56 Å². The Labute approximate surface area is 205 Å². The van der Waals surface area contributed by atoms with Crippen LogP contribution in [0, 0.1) is 0 Å². The number of rotatable bonds is 10. The highest BCUT2D eigenvalue weighted by Gasteiger charge is 2.23. The van der Waals surface area contributed by atoms with Crippen molar-refractivity contribution in [2.24, 2.45) is 16.5 Å². The second kappa shape index (κ2) is 11.5. The largest absolute Gasteiger partial charge is 0.480 e. The predicted molar refractivity (Wildman–Crippen MR) is 130 cm³/mol. The summed E-state index contributed by atoms with van der Waals surface area (Å²) in [5, 5.41) is 20.6. The molecule has 1 heterocycles. The molecule has 0 saturated carbocycles. The Bertz CT molecular complexity index is 1170. The van der Waals surface area contributed by atoms with E-state index in [1.807, 2.05) is 12.1 Å². The lowest BCUT2D eigenvalue weighted by Gasteiger charge is -2.16. The monoisotopic (exact) mass is 503 g/mol. The van der Waals surface area contributed by atoms with E-state index >= 15 is 0 Å². The minimum atomic E-state index is -1.18. The Morgan fingerprint density at radius 2 is 1.79 bits per heavy atom. The first-order valence-corrected chi connectivity index (χ1v) is 11.0. The van der Waals surface area contributed by atoms with E-state index < -0.39 is 17.9 Å². The summed E-state index contributed by atoms with van der Waals surface area (Å²) in [6, 6.07) is 10.6. The molecule has 2 aromatic carbocycles. The number of carbonyl (C=O) groups excluding carboxylic acids is 1. The first kappa shape index (κ1) is 25.0. The van der Waals surface area contributed by atoms with E-state index in [4.69, 9.17) is 34.7 Å². The topological polar surface area (TPSA) is 162 Å². The molecule has 0 saturated heterocycles. The van der Waals surface area contributed by atoms with Gasteiger partial charge in [0.25, 0.3) is 5.91 Å². The molecule has 1 atom stereocenters. The number of nitrogens with zero attached hydrogens (tertiary/aromatic N) is 4. The highest BCUT2D eigenvalue weighted by molar-refractivity contribution is 6.39. The minimum Gasteiger partial charge on any atom is -0.480 e. The van der Waals surface area contributed by atoms with Gasteiger partial charge >= 0.3 is 5.97 Å². The molecular formula is C22H23Cl2N7O3. The molecule has 0 spiro atoms. The molecule has 0 radical (unpaired) electrons. The fraction of sp³-hybridized carbons (Fsp3) is 0.227. The molecule has 0 aliphatic rings. The fourth-order valence-corrected chi connectivity index (χ4v) is 3.74. The van der Waals surface area contributed by atoms with Gasteiger partial charge in [-0.05, 0) is 24.1 Å². The molecule has 0 aliphatic heterocycles.